The standard InChI is InChI=1S/C30H27N3O6/c1-31-17-6-10-19(11-7-17)38-21-4-3-5-22(14-21)39-20-12-8-18(9-13-20)33-29(36)25-15-23-24(16-26(25)30(33)37)28(35)32(2)27(23)34/h3-14,23-26,31H,15-16H2,1-2H3. The lowest BCUT2D eigenvalue weighted by atomic mass is 9.70. The molecule has 1 aliphatic carbocycles. The number of carbonyl (C=O) groups is 4. The molecule has 0 spiro atoms. The number of ether oxygens (including phenoxy) is 2. The second kappa shape index (κ2) is 9.58. The number of hydrogen-bond acceptors (Lipinski definition) is 7. The molecular formula is C30H27N3O6. The summed E-state index contributed by atoms with van der Waals surface area (Å²) >= 11 is 0. The summed E-state index contributed by atoms with van der Waals surface area (Å²) in [7, 11) is 3.32. The van der Waals surface area contributed by atoms with E-state index in [9.17, 15) is 19.2 Å². The minimum absolute atomic E-state index is 0.227. The van der Waals surface area contributed by atoms with Crippen molar-refractivity contribution in [3.05, 3.63) is 72.8 Å². The molecule has 2 heterocycles. The van der Waals surface area contributed by atoms with Crippen molar-refractivity contribution >= 4 is 35.0 Å². The molecule has 3 aromatic carbocycles. The quantitative estimate of drug-likeness (QED) is 0.474. The summed E-state index contributed by atoms with van der Waals surface area (Å²) in [6.07, 6.45) is 0.453. The van der Waals surface area contributed by atoms with E-state index in [1.807, 2.05) is 43.4 Å². The van der Waals surface area contributed by atoms with Crippen LogP contribution < -0.4 is 19.7 Å². The second-order valence-electron chi connectivity index (χ2n) is 10.1. The number of fused-ring (bicyclic) bond motifs is 2. The summed E-state index contributed by atoms with van der Waals surface area (Å²) in [6.45, 7) is 0. The maximum Gasteiger partial charge on any atom is 0.237 e. The van der Waals surface area contributed by atoms with Crippen molar-refractivity contribution in [2.24, 2.45) is 23.7 Å². The summed E-state index contributed by atoms with van der Waals surface area (Å²) in [5.74, 6) is -0.978. The molecule has 9 heteroatoms. The van der Waals surface area contributed by atoms with Crippen LogP contribution >= 0.6 is 0 Å². The fourth-order valence-electron chi connectivity index (χ4n) is 5.82. The molecule has 9 nitrogen and oxygen atoms in total. The highest BCUT2D eigenvalue weighted by molar-refractivity contribution is 6.22. The average Bonchev–Trinajstić information content (AvgIpc) is 3.32. The van der Waals surface area contributed by atoms with E-state index in [4.69, 9.17) is 9.47 Å². The largest absolute Gasteiger partial charge is 0.457 e. The van der Waals surface area contributed by atoms with Gasteiger partial charge in [-0.3, -0.25) is 29.0 Å². The van der Waals surface area contributed by atoms with E-state index in [0.29, 0.717) is 28.7 Å². The molecule has 4 atom stereocenters. The van der Waals surface area contributed by atoms with Crippen LogP contribution in [0, 0.1) is 23.7 Å². The van der Waals surface area contributed by atoms with Crippen LogP contribution in [0.15, 0.2) is 72.8 Å². The zero-order valence-electron chi connectivity index (χ0n) is 21.5. The van der Waals surface area contributed by atoms with Gasteiger partial charge in [0, 0.05) is 25.8 Å². The Labute approximate surface area is 225 Å². The Balaban J connectivity index is 1.14. The van der Waals surface area contributed by atoms with Crippen molar-refractivity contribution in [3.63, 3.8) is 0 Å². The van der Waals surface area contributed by atoms with Crippen LogP contribution in [-0.2, 0) is 19.2 Å². The van der Waals surface area contributed by atoms with Crippen molar-refractivity contribution in [2.45, 2.75) is 12.8 Å². The van der Waals surface area contributed by atoms with Crippen LogP contribution in [0.3, 0.4) is 0 Å². The molecule has 198 valence electrons. The predicted molar refractivity (Wildman–Crippen MR) is 142 cm³/mol. The van der Waals surface area contributed by atoms with Gasteiger partial charge in [0.2, 0.25) is 23.6 Å². The van der Waals surface area contributed by atoms with Crippen LogP contribution in [0.25, 0.3) is 0 Å². The SMILES string of the molecule is CNc1ccc(Oc2cccc(Oc3ccc(N4C(=O)C5CC6C(=O)N(C)C(=O)C6CC5C4=O)cc3)c2)cc1. The fraction of sp³-hybridized carbons (Fsp3) is 0.267. The van der Waals surface area contributed by atoms with E-state index in [1.54, 1.807) is 36.4 Å². The number of likely N-dealkylation sites (tertiary alicyclic amines) is 1. The molecule has 3 aromatic rings. The Morgan fingerprint density at radius 3 is 1.59 bits per heavy atom. The molecule has 3 fully saturated rings. The van der Waals surface area contributed by atoms with Gasteiger partial charge in [-0.15, -0.1) is 0 Å². The summed E-state index contributed by atoms with van der Waals surface area (Å²) in [5, 5.41) is 3.06. The first-order valence-corrected chi connectivity index (χ1v) is 12.9. The van der Waals surface area contributed by atoms with Gasteiger partial charge >= 0.3 is 0 Å². The van der Waals surface area contributed by atoms with Crippen molar-refractivity contribution < 1.29 is 28.7 Å². The molecule has 4 unspecified atom stereocenters. The molecule has 0 radical (unpaired) electrons. The molecule has 3 aliphatic rings. The van der Waals surface area contributed by atoms with Crippen molar-refractivity contribution in [2.75, 3.05) is 24.3 Å². The Morgan fingerprint density at radius 1 is 0.641 bits per heavy atom. The summed E-state index contributed by atoms with van der Waals surface area (Å²) < 4.78 is 11.9. The second-order valence-corrected chi connectivity index (χ2v) is 10.1. The zero-order chi connectivity index (χ0) is 27.3. The molecule has 0 aromatic heterocycles. The molecule has 1 saturated carbocycles. The van der Waals surface area contributed by atoms with Gasteiger partial charge in [-0.1, -0.05) is 6.07 Å². The molecular weight excluding hydrogens is 498 g/mol. The highest BCUT2D eigenvalue weighted by Gasteiger charge is 2.59. The van der Waals surface area contributed by atoms with E-state index < -0.39 is 23.7 Å². The van der Waals surface area contributed by atoms with Crippen LogP contribution in [0.1, 0.15) is 12.8 Å². The number of benzene rings is 3. The van der Waals surface area contributed by atoms with Gasteiger partial charge in [0.15, 0.2) is 0 Å². The highest BCUT2D eigenvalue weighted by Crippen LogP contribution is 2.48. The molecule has 0 bridgehead atoms. The van der Waals surface area contributed by atoms with E-state index in [0.717, 1.165) is 10.6 Å². The third kappa shape index (κ3) is 4.29. The van der Waals surface area contributed by atoms with E-state index in [2.05, 4.69) is 5.32 Å². The van der Waals surface area contributed by atoms with Crippen LogP contribution in [-0.4, -0.2) is 42.6 Å². The first-order valence-electron chi connectivity index (χ1n) is 12.9. The number of anilines is 2. The molecule has 6 rings (SSSR count). The van der Waals surface area contributed by atoms with Crippen LogP contribution in [0.5, 0.6) is 23.0 Å². The Morgan fingerprint density at radius 2 is 1.10 bits per heavy atom. The van der Waals surface area contributed by atoms with E-state index in [1.165, 1.54) is 11.9 Å². The lowest BCUT2D eigenvalue weighted by Crippen LogP contribution is -2.35. The third-order valence-corrected chi connectivity index (χ3v) is 7.87. The molecule has 4 amide bonds. The number of imide groups is 2. The van der Waals surface area contributed by atoms with E-state index >= 15 is 0 Å². The summed E-state index contributed by atoms with van der Waals surface area (Å²) in [6, 6.07) is 21.5. The smallest absolute Gasteiger partial charge is 0.237 e. The van der Waals surface area contributed by atoms with Gasteiger partial charge in [-0.25, -0.2) is 0 Å². The predicted octanol–water partition coefficient (Wildman–Crippen LogP) is 4.44. The van der Waals surface area contributed by atoms with Gasteiger partial charge in [0.25, 0.3) is 0 Å². The summed E-state index contributed by atoms with van der Waals surface area (Å²) in [4.78, 5) is 53.8. The Hall–Kier alpha value is -4.66. The van der Waals surface area contributed by atoms with Crippen molar-refractivity contribution in [1.29, 1.82) is 0 Å². The first-order chi connectivity index (χ1) is 18.8. The molecule has 2 saturated heterocycles. The highest BCUT2D eigenvalue weighted by atomic mass is 16.5. The number of nitrogens with one attached hydrogen (secondary N) is 1. The van der Waals surface area contributed by atoms with Gasteiger partial charge < -0.3 is 14.8 Å². The number of rotatable bonds is 6. The van der Waals surface area contributed by atoms with Gasteiger partial charge in [-0.2, -0.15) is 0 Å². The topological polar surface area (TPSA) is 105 Å². The van der Waals surface area contributed by atoms with Crippen molar-refractivity contribution in [1.82, 2.24) is 4.90 Å². The first kappa shape index (κ1) is 24.7. The lowest BCUT2D eigenvalue weighted by Gasteiger charge is -2.28. The van der Waals surface area contributed by atoms with Gasteiger partial charge in [0.05, 0.1) is 29.4 Å². The molecule has 39 heavy (non-hydrogen) atoms. The minimum Gasteiger partial charge on any atom is -0.457 e. The lowest BCUT2D eigenvalue weighted by molar-refractivity contribution is -0.138. The molecule has 1 N–H and O–H groups in total. The minimum atomic E-state index is -0.588. The Bertz CT molecular complexity index is 1430. The average molecular weight is 526 g/mol. The summed E-state index contributed by atoms with van der Waals surface area (Å²) in [5.41, 5.74) is 1.42. The van der Waals surface area contributed by atoms with Gasteiger partial charge in [-0.05, 0) is 73.5 Å². The van der Waals surface area contributed by atoms with Crippen LogP contribution in [0.2, 0.25) is 0 Å². The van der Waals surface area contributed by atoms with Crippen molar-refractivity contribution in [3.8, 4) is 23.0 Å². The number of nitrogens with zero attached hydrogens (tertiary/aromatic N) is 2. The number of hydrogen-bond donors (Lipinski definition) is 1. The van der Waals surface area contributed by atoms with Gasteiger partial charge in [0.1, 0.15) is 23.0 Å². The fourth-order valence-corrected chi connectivity index (χ4v) is 5.82. The van der Waals surface area contributed by atoms with Crippen LogP contribution in [0.4, 0.5) is 11.4 Å². The Kier molecular flexibility index (Phi) is 6.06. The number of amides is 4. The normalized spacial score (nSPS) is 24.1. The maximum atomic E-state index is 13.3. The number of carbonyl (C=O) groups excluding carboxylic acids is 4. The monoisotopic (exact) mass is 525 g/mol. The maximum absolute atomic E-state index is 13.3. The molecule has 2 aliphatic heterocycles. The third-order valence-electron chi connectivity index (χ3n) is 7.87. The zero-order valence-corrected chi connectivity index (χ0v) is 21.5. The van der Waals surface area contributed by atoms with E-state index in [-0.39, 0.29) is 36.5 Å².